The second-order valence-corrected chi connectivity index (χ2v) is 13.1. The van der Waals surface area contributed by atoms with Crippen molar-refractivity contribution in [1.29, 1.82) is 0 Å². The average molecular weight is 614 g/mol. The zero-order chi connectivity index (χ0) is 28.8. The summed E-state index contributed by atoms with van der Waals surface area (Å²) in [4.78, 5) is 29.1. The van der Waals surface area contributed by atoms with Crippen LogP contribution in [0.2, 0.25) is 5.02 Å². The van der Waals surface area contributed by atoms with E-state index < -0.39 is 11.6 Å². The molecule has 1 unspecified atom stereocenters. The number of carbonyl (C=O) groups is 2. The van der Waals surface area contributed by atoms with E-state index in [0.717, 1.165) is 21.2 Å². The Hall–Kier alpha value is -2.83. The normalized spacial score (nSPS) is 12.5. The molecule has 7 heteroatoms. The van der Waals surface area contributed by atoms with Crippen molar-refractivity contribution < 1.29 is 14.3 Å². The van der Waals surface area contributed by atoms with Crippen LogP contribution in [0.5, 0.6) is 5.75 Å². The van der Waals surface area contributed by atoms with Gasteiger partial charge in [-0.2, -0.15) is 0 Å². The van der Waals surface area contributed by atoms with Gasteiger partial charge in [0.05, 0.1) is 4.47 Å². The van der Waals surface area contributed by atoms with Crippen LogP contribution in [-0.2, 0) is 28.0 Å². The number of ether oxygens (including phenoxy) is 1. The molecule has 39 heavy (non-hydrogen) atoms. The second-order valence-electron chi connectivity index (χ2n) is 11.8. The highest BCUT2D eigenvalue weighted by Crippen LogP contribution is 2.31. The lowest BCUT2D eigenvalue weighted by Gasteiger charge is -2.34. The van der Waals surface area contributed by atoms with Crippen LogP contribution in [0.4, 0.5) is 0 Å². The lowest BCUT2D eigenvalue weighted by Crippen LogP contribution is -2.55. The predicted octanol–water partition coefficient (Wildman–Crippen LogP) is 7.33. The summed E-state index contributed by atoms with van der Waals surface area (Å²) >= 11 is 9.85. The molecule has 1 atom stereocenters. The molecule has 0 aliphatic rings. The molecule has 1 N–H and O–H groups in total. The van der Waals surface area contributed by atoms with E-state index in [0.29, 0.717) is 17.2 Å². The van der Waals surface area contributed by atoms with E-state index in [9.17, 15) is 9.59 Å². The Morgan fingerprint density at radius 1 is 0.923 bits per heavy atom. The van der Waals surface area contributed by atoms with E-state index in [4.69, 9.17) is 16.3 Å². The summed E-state index contributed by atoms with van der Waals surface area (Å²) < 4.78 is 6.77. The molecule has 3 aromatic rings. The topological polar surface area (TPSA) is 58.6 Å². The minimum atomic E-state index is -0.756. The van der Waals surface area contributed by atoms with Crippen molar-refractivity contribution in [2.75, 3.05) is 6.61 Å². The van der Waals surface area contributed by atoms with Crippen molar-refractivity contribution >= 4 is 39.3 Å². The summed E-state index contributed by atoms with van der Waals surface area (Å²) in [5.74, 6) is 0.0435. The molecule has 0 saturated carbocycles. The van der Waals surface area contributed by atoms with Gasteiger partial charge < -0.3 is 15.0 Å². The van der Waals surface area contributed by atoms with Crippen molar-refractivity contribution in [2.45, 2.75) is 71.5 Å². The maximum Gasteiger partial charge on any atom is 0.261 e. The molecule has 3 rings (SSSR count). The molecule has 2 amide bonds. The third-order valence-corrected chi connectivity index (χ3v) is 7.02. The molecule has 0 aliphatic heterocycles. The van der Waals surface area contributed by atoms with Gasteiger partial charge >= 0.3 is 0 Å². The van der Waals surface area contributed by atoms with Gasteiger partial charge in [-0.25, -0.2) is 0 Å². The Bertz CT molecular complexity index is 1280. The average Bonchev–Trinajstić information content (AvgIpc) is 2.84. The largest absolute Gasteiger partial charge is 0.483 e. The molecular formula is C32H38BrClN2O3. The fourth-order valence-electron chi connectivity index (χ4n) is 4.15. The molecule has 0 saturated heterocycles. The third kappa shape index (κ3) is 9.40. The van der Waals surface area contributed by atoms with Crippen molar-refractivity contribution in [3.8, 4) is 5.75 Å². The number of nitrogens with zero attached hydrogens (tertiary/aromatic N) is 1. The molecular weight excluding hydrogens is 576 g/mol. The van der Waals surface area contributed by atoms with Crippen molar-refractivity contribution in [2.24, 2.45) is 0 Å². The maximum absolute atomic E-state index is 13.8. The molecule has 5 nitrogen and oxygen atoms in total. The lowest BCUT2D eigenvalue weighted by molar-refractivity contribution is -0.143. The van der Waals surface area contributed by atoms with E-state index in [-0.39, 0.29) is 30.4 Å². The van der Waals surface area contributed by atoms with E-state index in [1.807, 2.05) is 87.5 Å². The molecule has 0 radical (unpaired) electrons. The number of halogens is 2. The van der Waals surface area contributed by atoms with Gasteiger partial charge in [0.1, 0.15) is 11.8 Å². The maximum atomic E-state index is 13.8. The van der Waals surface area contributed by atoms with Gasteiger partial charge in [0.25, 0.3) is 5.91 Å². The van der Waals surface area contributed by atoms with E-state index in [1.165, 1.54) is 0 Å². The summed E-state index contributed by atoms with van der Waals surface area (Å²) in [5, 5.41) is 3.64. The summed E-state index contributed by atoms with van der Waals surface area (Å²) in [6.07, 6.45) is 0.360. The zero-order valence-electron chi connectivity index (χ0n) is 23.6. The first-order valence-corrected chi connectivity index (χ1v) is 14.2. The lowest BCUT2D eigenvalue weighted by atomic mass is 9.87. The minimum absolute atomic E-state index is 0.0182. The fourth-order valence-corrected chi connectivity index (χ4v) is 4.85. The van der Waals surface area contributed by atoms with Crippen LogP contribution in [-0.4, -0.2) is 34.9 Å². The molecule has 3 aromatic carbocycles. The van der Waals surface area contributed by atoms with Gasteiger partial charge in [0, 0.05) is 23.5 Å². The Labute approximate surface area is 246 Å². The monoisotopic (exact) mass is 612 g/mol. The predicted molar refractivity (Wildman–Crippen MR) is 162 cm³/mol. The van der Waals surface area contributed by atoms with Crippen molar-refractivity contribution in [3.63, 3.8) is 0 Å². The number of benzene rings is 3. The first kappa shape index (κ1) is 30.7. The van der Waals surface area contributed by atoms with Crippen LogP contribution >= 0.6 is 27.5 Å². The van der Waals surface area contributed by atoms with Gasteiger partial charge in [0.15, 0.2) is 6.61 Å². The molecule has 0 bridgehead atoms. The Kier molecular flexibility index (Phi) is 10.2. The first-order valence-electron chi connectivity index (χ1n) is 13.1. The van der Waals surface area contributed by atoms with Crippen molar-refractivity contribution in [1.82, 2.24) is 10.2 Å². The standard InChI is InChI=1S/C32H38BrClN2O3/c1-31(2,3)24-15-16-28(26(33)19-24)39-21-29(37)36(20-23-13-10-14-25(34)17-23)27(30(38)35-32(4,5)6)18-22-11-8-7-9-12-22/h7-17,19,27H,18,20-21H2,1-6H3,(H,35,38). The van der Waals surface area contributed by atoms with Crippen LogP contribution in [0.3, 0.4) is 0 Å². The van der Waals surface area contributed by atoms with E-state index >= 15 is 0 Å². The summed E-state index contributed by atoms with van der Waals surface area (Å²) in [5.41, 5.74) is 2.45. The van der Waals surface area contributed by atoms with Gasteiger partial charge in [-0.15, -0.1) is 0 Å². The third-order valence-electron chi connectivity index (χ3n) is 6.16. The summed E-state index contributed by atoms with van der Waals surface area (Å²) in [6, 6.07) is 22.2. The zero-order valence-corrected chi connectivity index (χ0v) is 25.9. The number of amides is 2. The van der Waals surface area contributed by atoms with Crippen molar-refractivity contribution in [3.05, 3.63) is 99.0 Å². The van der Waals surface area contributed by atoms with Crippen LogP contribution in [0.15, 0.2) is 77.3 Å². The van der Waals surface area contributed by atoms with Gasteiger partial charge in [-0.05, 0) is 83.1 Å². The molecule has 0 heterocycles. The molecule has 0 spiro atoms. The van der Waals surface area contributed by atoms with E-state index in [1.54, 1.807) is 11.0 Å². The number of rotatable bonds is 9. The molecule has 208 valence electrons. The first-order chi connectivity index (χ1) is 18.2. The van der Waals surface area contributed by atoms with Crippen LogP contribution in [0.1, 0.15) is 58.2 Å². The molecule has 0 aromatic heterocycles. The van der Waals surface area contributed by atoms with Crippen LogP contribution in [0.25, 0.3) is 0 Å². The number of hydrogen-bond donors (Lipinski definition) is 1. The van der Waals surface area contributed by atoms with Crippen LogP contribution < -0.4 is 10.1 Å². The van der Waals surface area contributed by atoms with E-state index in [2.05, 4.69) is 42.0 Å². The van der Waals surface area contributed by atoms with Gasteiger partial charge in [-0.1, -0.05) is 80.9 Å². The fraction of sp³-hybridized carbons (Fsp3) is 0.375. The van der Waals surface area contributed by atoms with Gasteiger partial charge in [-0.3, -0.25) is 9.59 Å². The SMILES string of the molecule is CC(C)(C)NC(=O)C(Cc1ccccc1)N(Cc1cccc(Cl)c1)C(=O)COc1ccc(C(C)(C)C)cc1Br. The quantitative estimate of drug-likeness (QED) is 0.275. The summed E-state index contributed by atoms with van der Waals surface area (Å²) in [7, 11) is 0. The highest BCUT2D eigenvalue weighted by Gasteiger charge is 2.32. The molecule has 0 aliphatic carbocycles. The number of carbonyl (C=O) groups excluding carboxylic acids is 2. The smallest absolute Gasteiger partial charge is 0.261 e. The van der Waals surface area contributed by atoms with Crippen LogP contribution in [0, 0.1) is 0 Å². The highest BCUT2D eigenvalue weighted by atomic mass is 79.9. The Balaban J connectivity index is 1.93. The highest BCUT2D eigenvalue weighted by molar-refractivity contribution is 9.10. The number of nitrogens with one attached hydrogen (secondary N) is 1. The Morgan fingerprint density at radius 2 is 1.59 bits per heavy atom. The Morgan fingerprint density at radius 3 is 2.18 bits per heavy atom. The van der Waals surface area contributed by atoms with Gasteiger partial charge in [0.2, 0.25) is 5.91 Å². The molecule has 0 fully saturated rings. The summed E-state index contributed by atoms with van der Waals surface area (Å²) in [6.45, 7) is 12.2. The minimum Gasteiger partial charge on any atom is -0.483 e. The number of hydrogen-bond acceptors (Lipinski definition) is 3. The second kappa shape index (κ2) is 13.0.